The van der Waals surface area contributed by atoms with Gasteiger partial charge in [-0.05, 0) is 39.7 Å². The highest BCUT2D eigenvalue weighted by Gasteiger charge is 2.27. The molecular weight excluding hydrogens is 403 g/mol. The Morgan fingerprint density at radius 2 is 1.80 bits per heavy atom. The number of nitrogens with zero attached hydrogens (tertiary/aromatic N) is 1. The zero-order valence-corrected chi connectivity index (χ0v) is 14.3. The van der Waals surface area contributed by atoms with Crippen molar-refractivity contribution in [2.75, 3.05) is 11.9 Å². The molecular formula is C16H13BrF3N3O2. The van der Waals surface area contributed by atoms with Crippen LogP contribution in [-0.2, 0) is 11.2 Å². The molecule has 0 fully saturated rings. The minimum atomic E-state index is -4.44. The second-order valence-electron chi connectivity index (χ2n) is 5.11. The van der Waals surface area contributed by atoms with Crippen LogP contribution >= 0.6 is 15.9 Å². The molecule has 1 heterocycles. The first kappa shape index (κ1) is 18.9. The van der Waals surface area contributed by atoms with Gasteiger partial charge < -0.3 is 10.6 Å². The zero-order chi connectivity index (χ0) is 18.4. The SMILES string of the molecule is O=C(Cc1ccc(NC(=O)c2cncc(Br)c2)cc1)NCC(F)(F)F. The van der Waals surface area contributed by atoms with Crippen LogP contribution < -0.4 is 10.6 Å². The van der Waals surface area contributed by atoms with E-state index >= 15 is 0 Å². The maximum Gasteiger partial charge on any atom is 0.405 e. The summed E-state index contributed by atoms with van der Waals surface area (Å²) in [6.45, 7) is -1.36. The average Bonchev–Trinajstić information content (AvgIpc) is 2.54. The number of rotatable bonds is 5. The molecule has 2 N–H and O–H groups in total. The number of aromatic nitrogens is 1. The predicted octanol–water partition coefficient (Wildman–Crippen LogP) is 3.32. The van der Waals surface area contributed by atoms with Gasteiger partial charge in [0.05, 0.1) is 12.0 Å². The maximum atomic E-state index is 12.1. The molecule has 0 unspecified atom stereocenters. The molecule has 0 aliphatic carbocycles. The molecule has 2 amide bonds. The lowest BCUT2D eigenvalue weighted by Gasteiger charge is -2.09. The average molecular weight is 416 g/mol. The summed E-state index contributed by atoms with van der Waals surface area (Å²) in [4.78, 5) is 27.4. The Morgan fingerprint density at radius 1 is 1.12 bits per heavy atom. The van der Waals surface area contributed by atoms with Crippen molar-refractivity contribution in [2.24, 2.45) is 0 Å². The van der Waals surface area contributed by atoms with Gasteiger partial charge in [-0.1, -0.05) is 12.1 Å². The Kier molecular flexibility index (Phi) is 6.13. The molecule has 0 saturated carbocycles. The van der Waals surface area contributed by atoms with Crippen LogP contribution in [0, 0.1) is 0 Å². The molecule has 0 aliphatic heterocycles. The van der Waals surface area contributed by atoms with E-state index in [0.717, 1.165) is 0 Å². The number of hydrogen-bond acceptors (Lipinski definition) is 3. The van der Waals surface area contributed by atoms with Gasteiger partial charge in [-0.15, -0.1) is 0 Å². The summed E-state index contributed by atoms with van der Waals surface area (Å²) in [5.74, 6) is -1.08. The van der Waals surface area contributed by atoms with Crippen LogP contribution in [0.5, 0.6) is 0 Å². The summed E-state index contributed by atoms with van der Waals surface area (Å²) in [5.41, 5.74) is 1.39. The van der Waals surface area contributed by atoms with Crippen molar-refractivity contribution in [1.29, 1.82) is 0 Å². The first-order valence-corrected chi connectivity index (χ1v) is 7.86. The summed E-state index contributed by atoms with van der Waals surface area (Å²) in [5, 5.41) is 4.46. The normalized spacial score (nSPS) is 11.0. The Hall–Kier alpha value is -2.42. The molecule has 1 aromatic carbocycles. The first-order chi connectivity index (χ1) is 11.7. The van der Waals surface area contributed by atoms with Crippen molar-refractivity contribution < 1.29 is 22.8 Å². The molecule has 5 nitrogen and oxygen atoms in total. The van der Waals surface area contributed by atoms with Crippen molar-refractivity contribution in [1.82, 2.24) is 10.3 Å². The van der Waals surface area contributed by atoms with E-state index < -0.39 is 18.6 Å². The van der Waals surface area contributed by atoms with Gasteiger partial charge in [0, 0.05) is 22.6 Å². The van der Waals surface area contributed by atoms with E-state index in [2.05, 4.69) is 26.2 Å². The van der Waals surface area contributed by atoms with Gasteiger partial charge >= 0.3 is 6.18 Å². The van der Waals surface area contributed by atoms with Gasteiger partial charge in [0.1, 0.15) is 6.54 Å². The second-order valence-corrected chi connectivity index (χ2v) is 6.03. The van der Waals surface area contributed by atoms with E-state index in [4.69, 9.17) is 0 Å². The Morgan fingerprint density at radius 3 is 2.40 bits per heavy atom. The Labute approximate surface area is 149 Å². The fraction of sp³-hybridized carbons (Fsp3) is 0.188. The Balaban J connectivity index is 1.91. The van der Waals surface area contributed by atoms with Crippen molar-refractivity contribution in [3.05, 3.63) is 58.3 Å². The molecule has 0 bridgehead atoms. The monoisotopic (exact) mass is 415 g/mol. The third kappa shape index (κ3) is 6.54. The standard InChI is InChI=1S/C16H13BrF3N3O2/c17-12-6-11(7-21-8-12)15(25)23-13-3-1-10(2-4-13)5-14(24)22-9-16(18,19)20/h1-4,6-8H,5,9H2,(H,22,24)(H,23,25). The fourth-order valence-electron chi connectivity index (χ4n) is 1.89. The molecule has 0 aliphatic rings. The van der Waals surface area contributed by atoms with Crippen molar-refractivity contribution in [3.63, 3.8) is 0 Å². The van der Waals surface area contributed by atoms with E-state index in [9.17, 15) is 22.8 Å². The molecule has 0 radical (unpaired) electrons. The highest BCUT2D eigenvalue weighted by atomic mass is 79.9. The summed E-state index contributed by atoms with van der Waals surface area (Å²) < 4.78 is 36.8. The van der Waals surface area contributed by atoms with Crippen molar-refractivity contribution >= 4 is 33.4 Å². The number of alkyl halides is 3. The fourth-order valence-corrected chi connectivity index (χ4v) is 2.26. The molecule has 25 heavy (non-hydrogen) atoms. The molecule has 0 spiro atoms. The highest BCUT2D eigenvalue weighted by molar-refractivity contribution is 9.10. The van der Waals surface area contributed by atoms with Gasteiger partial charge in [0.2, 0.25) is 5.91 Å². The third-order valence-corrected chi connectivity index (χ3v) is 3.46. The minimum Gasteiger partial charge on any atom is -0.347 e. The number of carbonyl (C=O) groups excluding carboxylic acids is 2. The van der Waals surface area contributed by atoms with Crippen LogP contribution in [0.25, 0.3) is 0 Å². The van der Waals surface area contributed by atoms with Gasteiger partial charge in [-0.25, -0.2) is 0 Å². The van der Waals surface area contributed by atoms with Crippen LogP contribution in [-0.4, -0.2) is 29.5 Å². The van der Waals surface area contributed by atoms with Crippen LogP contribution in [0.1, 0.15) is 15.9 Å². The van der Waals surface area contributed by atoms with E-state index in [1.807, 2.05) is 0 Å². The number of amides is 2. The summed E-state index contributed by atoms with van der Waals surface area (Å²) in [6, 6.07) is 7.86. The van der Waals surface area contributed by atoms with Crippen LogP contribution in [0.4, 0.5) is 18.9 Å². The minimum absolute atomic E-state index is 0.181. The molecule has 1 aromatic heterocycles. The molecule has 2 aromatic rings. The van der Waals surface area contributed by atoms with Crippen LogP contribution in [0.15, 0.2) is 47.2 Å². The van der Waals surface area contributed by atoms with Crippen molar-refractivity contribution in [2.45, 2.75) is 12.6 Å². The number of nitrogens with one attached hydrogen (secondary N) is 2. The maximum absolute atomic E-state index is 12.1. The van der Waals surface area contributed by atoms with Crippen LogP contribution in [0.3, 0.4) is 0 Å². The molecule has 0 atom stereocenters. The topological polar surface area (TPSA) is 71.1 Å². The first-order valence-electron chi connectivity index (χ1n) is 7.07. The molecule has 9 heteroatoms. The van der Waals surface area contributed by atoms with Gasteiger partial charge in [-0.3, -0.25) is 14.6 Å². The second kappa shape index (κ2) is 8.11. The van der Waals surface area contributed by atoms with Gasteiger partial charge in [-0.2, -0.15) is 13.2 Å². The van der Waals surface area contributed by atoms with E-state index in [1.165, 1.54) is 6.20 Å². The van der Waals surface area contributed by atoms with Gasteiger partial charge in [0.25, 0.3) is 5.91 Å². The number of hydrogen-bond donors (Lipinski definition) is 2. The highest BCUT2D eigenvalue weighted by Crippen LogP contribution is 2.15. The quantitative estimate of drug-likeness (QED) is 0.786. The lowest BCUT2D eigenvalue weighted by Crippen LogP contribution is -2.34. The number of pyridine rings is 1. The van der Waals surface area contributed by atoms with E-state index in [-0.39, 0.29) is 12.3 Å². The summed E-state index contributed by atoms with van der Waals surface area (Å²) in [7, 11) is 0. The number of anilines is 1. The van der Waals surface area contributed by atoms with E-state index in [0.29, 0.717) is 21.3 Å². The largest absolute Gasteiger partial charge is 0.405 e. The predicted molar refractivity (Wildman–Crippen MR) is 89.1 cm³/mol. The third-order valence-electron chi connectivity index (χ3n) is 3.03. The molecule has 0 saturated heterocycles. The number of carbonyl (C=O) groups is 2. The van der Waals surface area contributed by atoms with E-state index in [1.54, 1.807) is 41.8 Å². The molecule has 2 rings (SSSR count). The van der Waals surface area contributed by atoms with Gasteiger partial charge in [0.15, 0.2) is 0 Å². The molecule has 132 valence electrons. The lowest BCUT2D eigenvalue weighted by molar-refractivity contribution is -0.138. The lowest BCUT2D eigenvalue weighted by atomic mass is 10.1. The van der Waals surface area contributed by atoms with Crippen LogP contribution in [0.2, 0.25) is 0 Å². The number of benzene rings is 1. The smallest absolute Gasteiger partial charge is 0.347 e. The Bertz CT molecular complexity index is 764. The number of halogens is 4. The van der Waals surface area contributed by atoms with Crippen molar-refractivity contribution in [3.8, 4) is 0 Å². The summed E-state index contributed by atoms with van der Waals surface area (Å²) >= 11 is 3.22. The zero-order valence-electron chi connectivity index (χ0n) is 12.7. The summed E-state index contributed by atoms with van der Waals surface area (Å²) in [6.07, 6.45) is -1.65.